The molecule has 158 valence electrons. The topological polar surface area (TPSA) is 81.5 Å². The number of hydrogen-bond acceptors (Lipinski definition) is 5. The number of amides is 1. The molecule has 0 aliphatic heterocycles. The molecule has 0 bridgehead atoms. The number of aryl methyl sites for hydroxylation is 1. The van der Waals surface area contributed by atoms with Crippen LogP contribution in [0.3, 0.4) is 0 Å². The fourth-order valence-electron chi connectivity index (χ4n) is 2.97. The number of nitrogens with zero attached hydrogens (tertiary/aromatic N) is 3. The van der Waals surface area contributed by atoms with Gasteiger partial charge in [-0.25, -0.2) is 4.98 Å². The fourth-order valence-corrected chi connectivity index (χ4v) is 3.33. The minimum absolute atomic E-state index is 0.0112. The molecule has 0 fully saturated rings. The van der Waals surface area contributed by atoms with Gasteiger partial charge in [0.05, 0.1) is 23.7 Å². The zero-order valence-electron chi connectivity index (χ0n) is 17.4. The van der Waals surface area contributed by atoms with Gasteiger partial charge in [0, 0.05) is 24.1 Å². The van der Waals surface area contributed by atoms with Crippen molar-refractivity contribution in [1.29, 1.82) is 0 Å². The zero-order valence-corrected chi connectivity index (χ0v) is 18.9. The molecule has 1 aromatic carbocycles. The Morgan fingerprint density at radius 2 is 1.83 bits per heavy atom. The highest BCUT2D eigenvalue weighted by atomic mass is 79.9. The number of carbonyl (C=O) groups is 2. The molecule has 29 heavy (non-hydrogen) atoms. The summed E-state index contributed by atoms with van der Waals surface area (Å²) in [6, 6.07) is 5.27. The first-order chi connectivity index (χ1) is 13.7. The molecule has 0 saturated carbocycles. The lowest BCUT2D eigenvalue weighted by Gasteiger charge is -2.26. The molecule has 0 radical (unpaired) electrons. The maximum atomic E-state index is 12.5. The highest BCUT2D eigenvalue weighted by Crippen LogP contribution is 2.14. The number of rotatable bonds is 9. The van der Waals surface area contributed by atoms with E-state index in [1.54, 1.807) is 17.0 Å². The molecule has 7 nitrogen and oxygen atoms in total. The predicted molar refractivity (Wildman–Crippen MR) is 116 cm³/mol. The molecule has 0 N–H and O–H groups in total. The summed E-state index contributed by atoms with van der Waals surface area (Å²) in [4.78, 5) is 43.0. The average molecular weight is 466 g/mol. The van der Waals surface area contributed by atoms with E-state index in [4.69, 9.17) is 4.74 Å². The van der Waals surface area contributed by atoms with Gasteiger partial charge in [0.25, 0.3) is 11.5 Å². The summed E-state index contributed by atoms with van der Waals surface area (Å²) in [5.74, 6) is -0.0507. The summed E-state index contributed by atoms with van der Waals surface area (Å²) < 4.78 is 7.30. The molecular formula is C21H28BrN3O4. The van der Waals surface area contributed by atoms with Crippen molar-refractivity contribution in [3.63, 3.8) is 0 Å². The van der Waals surface area contributed by atoms with Crippen molar-refractivity contribution in [3.8, 4) is 0 Å². The van der Waals surface area contributed by atoms with Gasteiger partial charge in [-0.1, -0.05) is 43.6 Å². The van der Waals surface area contributed by atoms with Gasteiger partial charge in [-0.3, -0.25) is 19.0 Å². The highest BCUT2D eigenvalue weighted by Gasteiger charge is 2.18. The second-order valence-corrected chi connectivity index (χ2v) is 8.82. The van der Waals surface area contributed by atoms with Gasteiger partial charge in [0.1, 0.15) is 0 Å². The summed E-state index contributed by atoms with van der Waals surface area (Å²) in [6.07, 6.45) is 1.41. The summed E-state index contributed by atoms with van der Waals surface area (Å²) >= 11 is 3.34. The van der Waals surface area contributed by atoms with Crippen LogP contribution in [0.2, 0.25) is 0 Å². The second kappa shape index (κ2) is 10.5. The molecular weight excluding hydrogens is 438 g/mol. The maximum absolute atomic E-state index is 12.5. The van der Waals surface area contributed by atoms with Crippen LogP contribution < -0.4 is 5.56 Å². The van der Waals surface area contributed by atoms with Crippen LogP contribution in [0.4, 0.5) is 0 Å². The van der Waals surface area contributed by atoms with E-state index in [-0.39, 0.29) is 31.0 Å². The normalized spacial score (nSPS) is 11.3. The van der Waals surface area contributed by atoms with Crippen LogP contribution in [0.5, 0.6) is 0 Å². The van der Waals surface area contributed by atoms with Gasteiger partial charge in [-0.2, -0.15) is 0 Å². The van der Waals surface area contributed by atoms with Crippen LogP contribution in [0.25, 0.3) is 10.9 Å². The van der Waals surface area contributed by atoms with E-state index < -0.39 is 5.97 Å². The minimum Gasteiger partial charge on any atom is -0.456 e. The van der Waals surface area contributed by atoms with Crippen LogP contribution >= 0.6 is 15.9 Å². The van der Waals surface area contributed by atoms with Crippen molar-refractivity contribution in [2.75, 3.05) is 19.7 Å². The van der Waals surface area contributed by atoms with Gasteiger partial charge in [0.15, 0.2) is 6.61 Å². The summed E-state index contributed by atoms with van der Waals surface area (Å²) in [6.45, 7) is 9.28. The van der Waals surface area contributed by atoms with Crippen molar-refractivity contribution in [3.05, 3.63) is 39.4 Å². The molecule has 0 atom stereocenters. The van der Waals surface area contributed by atoms with Crippen LogP contribution in [-0.4, -0.2) is 46.0 Å². The first kappa shape index (κ1) is 23.1. The van der Waals surface area contributed by atoms with Gasteiger partial charge >= 0.3 is 5.97 Å². The van der Waals surface area contributed by atoms with Gasteiger partial charge < -0.3 is 9.64 Å². The third-order valence-electron chi connectivity index (χ3n) is 4.22. The number of aromatic nitrogens is 2. The lowest BCUT2D eigenvalue weighted by Crippen LogP contribution is -2.39. The molecule has 2 aromatic rings. The largest absolute Gasteiger partial charge is 0.456 e. The quantitative estimate of drug-likeness (QED) is 0.530. The predicted octanol–water partition coefficient (Wildman–Crippen LogP) is 3.23. The lowest BCUT2D eigenvalue weighted by molar-refractivity contribution is -0.152. The zero-order chi connectivity index (χ0) is 21.6. The smallest absolute Gasteiger partial charge is 0.308 e. The summed E-state index contributed by atoms with van der Waals surface area (Å²) in [5.41, 5.74) is 0.373. The third-order valence-corrected chi connectivity index (χ3v) is 4.72. The number of fused-ring (bicyclic) bond motifs is 1. The maximum Gasteiger partial charge on any atom is 0.308 e. The molecule has 1 aromatic heterocycles. The van der Waals surface area contributed by atoms with Crippen molar-refractivity contribution < 1.29 is 14.3 Å². The van der Waals surface area contributed by atoms with E-state index in [9.17, 15) is 14.4 Å². The van der Waals surface area contributed by atoms with Crippen molar-refractivity contribution in [2.45, 2.75) is 40.7 Å². The van der Waals surface area contributed by atoms with Crippen molar-refractivity contribution in [1.82, 2.24) is 14.5 Å². The Bertz CT molecular complexity index is 914. The van der Waals surface area contributed by atoms with E-state index in [0.29, 0.717) is 35.8 Å². The number of halogens is 1. The number of ether oxygens (including phenoxy) is 1. The van der Waals surface area contributed by atoms with Crippen LogP contribution in [0, 0.1) is 11.8 Å². The lowest BCUT2D eigenvalue weighted by atomic mass is 10.1. The summed E-state index contributed by atoms with van der Waals surface area (Å²) in [5, 5.41) is 0.475. The van der Waals surface area contributed by atoms with Crippen LogP contribution in [-0.2, 0) is 20.9 Å². The van der Waals surface area contributed by atoms with E-state index in [0.717, 1.165) is 4.47 Å². The van der Waals surface area contributed by atoms with Crippen LogP contribution in [0.15, 0.2) is 33.8 Å². The SMILES string of the molecule is CC(C)CN(CC(C)C)C(=O)COC(=O)CCn1cnc2ccc(Br)cc2c1=O. The third kappa shape index (κ3) is 6.96. The second-order valence-electron chi connectivity index (χ2n) is 7.90. The van der Waals surface area contributed by atoms with Crippen LogP contribution in [0.1, 0.15) is 34.1 Å². The first-order valence-corrected chi connectivity index (χ1v) is 10.5. The summed E-state index contributed by atoms with van der Waals surface area (Å²) in [7, 11) is 0. The van der Waals surface area contributed by atoms with E-state index in [2.05, 4.69) is 20.9 Å². The monoisotopic (exact) mass is 465 g/mol. The Morgan fingerprint density at radius 3 is 2.45 bits per heavy atom. The van der Waals surface area contributed by atoms with Crippen molar-refractivity contribution >= 4 is 38.7 Å². The molecule has 0 unspecified atom stereocenters. The molecule has 2 rings (SSSR count). The molecule has 0 saturated heterocycles. The molecule has 8 heteroatoms. The molecule has 0 aliphatic rings. The fraction of sp³-hybridized carbons (Fsp3) is 0.524. The number of carbonyl (C=O) groups excluding carboxylic acids is 2. The molecule has 0 spiro atoms. The minimum atomic E-state index is -0.520. The van der Waals surface area contributed by atoms with E-state index in [1.807, 2.05) is 33.8 Å². The average Bonchev–Trinajstić information content (AvgIpc) is 2.64. The van der Waals surface area contributed by atoms with E-state index >= 15 is 0 Å². The van der Waals surface area contributed by atoms with Crippen molar-refractivity contribution in [2.24, 2.45) is 11.8 Å². The molecule has 1 heterocycles. The van der Waals surface area contributed by atoms with Gasteiger partial charge in [-0.15, -0.1) is 0 Å². The standard InChI is InChI=1S/C21H28BrN3O4/c1-14(2)10-25(11-15(3)4)19(26)12-29-20(27)7-8-24-13-23-18-6-5-16(22)9-17(18)21(24)28/h5-6,9,13-15H,7-8,10-12H2,1-4H3. The number of benzene rings is 1. The van der Waals surface area contributed by atoms with E-state index in [1.165, 1.54) is 10.9 Å². The Labute approximate surface area is 179 Å². The van der Waals surface area contributed by atoms with Gasteiger partial charge in [-0.05, 0) is 30.0 Å². The Balaban J connectivity index is 1.92. The first-order valence-electron chi connectivity index (χ1n) is 9.75. The molecule has 1 amide bonds. The molecule has 0 aliphatic carbocycles. The number of esters is 1. The highest BCUT2D eigenvalue weighted by molar-refractivity contribution is 9.10. The van der Waals surface area contributed by atoms with Gasteiger partial charge in [0.2, 0.25) is 0 Å². The Hall–Kier alpha value is -2.22. The Kier molecular flexibility index (Phi) is 8.37. The number of hydrogen-bond donors (Lipinski definition) is 0. The Morgan fingerprint density at radius 1 is 1.17 bits per heavy atom.